The average molecular weight is 496 g/mol. The van der Waals surface area contributed by atoms with E-state index in [4.69, 9.17) is 4.74 Å². The van der Waals surface area contributed by atoms with Crippen LogP contribution in [0.3, 0.4) is 0 Å². The Labute approximate surface area is 216 Å². The Morgan fingerprint density at radius 3 is 2.41 bits per heavy atom. The number of nitrogens with zero attached hydrogens (tertiary/aromatic N) is 2. The summed E-state index contributed by atoms with van der Waals surface area (Å²) in [5.41, 5.74) is 4.79. The van der Waals surface area contributed by atoms with Crippen LogP contribution in [0.1, 0.15) is 34.3 Å². The standard InChI is InChI=1S/C27H23FN2O2.C4H7N/c1-17-5-10-21(32-2)16-23(17)26(31)30-27(11-12-27)24-14-19(18-6-8-20(28)9-7-18)15-25-22(24)4-3-13-29-25;1-5-3-2-4-5/h3-10,13-16H,11-12H2,1-2H3,(H,30,31);2-3H,4H2,1H3. The van der Waals surface area contributed by atoms with Crippen LogP contribution < -0.4 is 10.1 Å². The highest BCUT2D eigenvalue weighted by Gasteiger charge is 2.47. The maximum Gasteiger partial charge on any atom is 0.252 e. The molecule has 2 aliphatic rings. The molecule has 4 aromatic rings. The molecule has 0 radical (unpaired) electrons. The van der Waals surface area contributed by atoms with Crippen LogP contribution in [0.5, 0.6) is 5.75 Å². The summed E-state index contributed by atoms with van der Waals surface area (Å²) >= 11 is 0. The second-order valence-corrected chi connectivity index (χ2v) is 9.64. The number of amides is 1. The Morgan fingerprint density at radius 1 is 1.05 bits per heavy atom. The molecule has 1 amide bonds. The summed E-state index contributed by atoms with van der Waals surface area (Å²) in [6.07, 6.45) is 7.63. The van der Waals surface area contributed by atoms with Crippen LogP contribution in [0.15, 0.2) is 85.2 Å². The molecule has 0 saturated heterocycles. The van der Waals surface area contributed by atoms with E-state index >= 15 is 0 Å². The fraction of sp³-hybridized carbons (Fsp3) is 0.226. The van der Waals surface area contributed by atoms with Crippen molar-refractivity contribution in [2.24, 2.45) is 0 Å². The molecule has 188 valence electrons. The third-order valence-electron chi connectivity index (χ3n) is 6.96. The molecule has 6 rings (SSSR count). The number of aromatic nitrogens is 1. The second kappa shape index (κ2) is 10.1. The summed E-state index contributed by atoms with van der Waals surface area (Å²) in [6.45, 7) is 3.06. The SMILES string of the molecule is CN1C=CC1.COc1ccc(C)c(C(=O)NC2(c3cc(-c4ccc(F)cc4)cc4ncccc34)CC2)c1. The quantitative estimate of drug-likeness (QED) is 0.357. The van der Waals surface area contributed by atoms with Gasteiger partial charge in [0.05, 0.1) is 18.2 Å². The molecule has 1 N–H and O–H groups in total. The summed E-state index contributed by atoms with van der Waals surface area (Å²) in [5.74, 6) is 0.258. The summed E-state index contributed by atoms with van der Waals surface area (Å²) in [6, 6.07) is 20.0. The van der Waals surface area contributed by atoms with Gasteiger partial charge in [0, 0.05) is 30.7 Å². The zero-order valence-corrected chi connectivity index (χ0v) is 21.3. The number of likely N-dealkylation sites (N-methyl/N-ethyl adjacent to an activating group) is 1. The van der Waals surface area contributed by atoms with E-state index in [1.54, 1.807) is 31.5 Å². The van der Waals surface area contributed by atoms with Gasteiger partial charge in [-0.3, -0.25) is 9.78 Å². The first-order valence-electron chi connectivity index (χ1n) is 12.4. The van der Waals surface area contributed by atoms with Crippen molar-refractivity contribution in [1.82, 2.24) is 15.2 Å². The zero-order chi connectivity index (χ0) is 26.0. The number of ether oxygens (including phenoxy) is 1. The zero-order valence-electron chi connectivity index (χ0n) is 21.3. The van der Waals surface area contributed by atoms with E-state index in [1.807, 2.05) is 37.3 Å². The molecular formula is C31H30FN3O2. The molecule has 1 saturated carbocycles. The van der Waals surface area contributed by atoms with Gasteiger partial charge in [0.25, 0.3) is 5.91 Å². The smallest absolute Gasteiger partial charge is 0.252 e. The molecule has 0 bridgehead atoms. The van der Waals surface area contributed by atoms with Crippen LogP contribution in [0.4, 0.5) is 4.39 Å². The molecule has 0 spiro atoms. The third-order valence-corrected chi connectivity index (χ3v) is 6.96. The second-order valence-electron chi connectivity index (χ2n) is 9.64. The normalized spacial score (nSPS) is 14.9. The van der Waals surface area contributed by atoms with Crippen molar-refractivity contribution in [3.63, 3.8) is 0 Å². The minimum Gasteiger partial charge on any atom is -0.497 e. The highest BCUT2D eigenvalue weighted by atomic mass is 19.1. The van der Waals surface area contributed by atoms with Crippen LogP contribution in [0.2, 0.25) is 0 Å². The van der Waals surface area contributed by atoms with Gasteiger partial charge in [0.15, 0.2) is 0 Å². The topological polar surface area (TPSA) is 54.5 Å². The number of halogens is 1. The lowest BCUT2D eigenvalue weighted by molar-refractivity contribution is 0.0930. The van der Waals surface area contributed by atoms with E-state index in [-0.39, 0.29) is 11.7 Å². The Kier molecular flexibility index (Phi) is 6.66. The molecule has 3 aromatic carbocycles. The molecule has 1 fully saturated rings. The van der Waals surface area contributed by atoms with Gasteiger partial charge in [-0.2, -0.15) is 0 Å². The van der Waals surface area contributed by atoms with Gasteiger partial charge in [0.1, 0.15) is 11.6 Å². The minimum atomic E-state index is -0.454. The number of nitrogens with one attached hydrogen (secondary N) is 1. The van der Waals surface area contributed by atoms with E-state index < -0.39 is 5.54 Å². The molecule has 5 nitrogen and oxygen atoms in total. The van der Waals surface area contributed by atoms with E-state index in [9.17, 15) is 9.18 Å². The average Bonchev–Trinajstić information content (AvgIpc) is 3.68. The Morgan fingerprint density at radius 2 is 1.78 bits per heavy atom. The highest BCUT2D eigenvalue weighted by Crippen LogP contribution is 2.49. The molecule has 1 aliphatic heterocycles. The predicted octanol–water partition coefficient (Wildman–Crippen LogP) is 6.22. The van der Waals surface area contributed by atoms with Gasteiger partial charge >= 0.3 is 0 Å². The fourth-order valence-corrected chi connectivity index (χ4v) is 4.55. The van der Waals surface area contributed by atoms with Gasteiger partial charge < -0.3 is 15.0 Å². The van der Waals surface area contributed by atoms with Gasteiger partial charge in [-0.05, 0) is 96.8 Å². The van der Waals surface area contributed by atoms with Crippen molar-refractivity contribution in [1.29, 1.82) is 0 Å². The number of hydrogen-bond acceptors (Lipinski definition) is 4. The molecule has 1 aromatic heterocycles. The number of fused-ring (bicyclic) bond motifs is 1. The van der Waals surface area contributed by atoms with Crippen molar-refractivity contribution in [2.75, 3.05) is 20.7 Å². The Bertz CT molecular complexity index is 1480. The number of carbonyl (C=O) groups excluding carboxylic acids is 1. The van der Waals surface area contributed by atoms with Crippen LogP contribution >= 0.6 is 0 Å². The first-order chi connectivity index (χ1) is 17.9. The van der Waals surface area contributed by atoms with Crippen molar-refractivity contribution in [2.45, 2.75) is 25.3 Å². The number of pyridine rings is 1. The van der Waals surface area contributed by atoms with Gasteiger partial charge in [-0.25, -0.2) is 4.39 Å². The largest absolute Gasteiger partial charge is 0.497 e. The lowest BCUT2D eigenvalue weighted by Crippen LogP contribution is -2.35. The van der Waals surface area contributed by atoms with Crippen LogP contribution in [0, 0.1) is 12.7 Å². The number of benzene rings is 3. The van der Waals surface area contributed by atoms with E-state index in [0.29, 0.717) is 11.3 Å². The first-order valence-corrected chi connectivity index (χ1v) is 12.4. The molecule has 0 unspecified atom stereocenters. The number of aryl methyl sites for hydroxylation is 1. The Hall–Kier alpha value is -4.19. The lowest BCUT2D eigenvalue weighted by atomic mass is 9.93. The lowest BCUT2D eigenvalue weighted by Gasteiger charge is -2.22. The number of hydrogen-bond donors (Lipinski definition) is 1. The van der Waals surface area contributed by atoms with Gasteiger partial charge in [-0.15, -0.1) is 0 Å². The van der Waals surface area contributed by atoms with Crippen molar-refractivity contribution < 1.29 is 13.9 Å². The summed E-state index contributed by atoms with van der Waals surface area (Å²) < 4.78 is 18.8. The van der Waals surface area contributed by atoms with Gasteiger partial charge in [0.2, 0.25) is 0 Å². The van der Waals surface area contributed by atoms with Crippen molar-refractivity contribution in [3.05, 3.63) is 108 Å². The molecule has 2 heterocycles. The summed E-state index contributed by atoms with van der Waals surface area (Å²) in [5, 5.41) is 4.30. The number of carbonyl (C=O) groups is 1. The molecule has 0 atom stereocenters. The third kappa shape index (κ3) is 5.19. The maximum atomic E-state index is 13.5. The molecule has 37 heavy (non-hydrogen) atoms. The highest BCUT2D eigenvalue weighted by molar-refractivity contribution is 5.98. The predicted molar refractivity (Wildman–Crippen MR) is 145 cm³/mol. The summed E-state index contributed by atoms with van der Waals surface area (Å²) in [7, 11) is 3.65. The van der Waals surface area contributed by atoms with Crippen LogP contribution in [0.25, 0.3) is 22.0 Å². The van der Waals surface area contributed by atoms with E-state index in [2.05, 4.69) is 40.6 Å². The molecule has 6 heteroatoms. The minimum absolute atomic E-state index is 0.122. The van der Waals surface area contributed by atoms with E-state index in [1.165, 1.54) is 12.1 Å². The van der Waals surface area contributed by atoms with Crippen LogP contribution in [-0.4, -0.2) is 36.5 Å². The van der Waals surface area contributed by atoms with Crippen LogP contribution in [-0.2, 0) is 5.54 Å². The Balaban J connectivity index is 0.000000503. The van der Waals surface area contributed by atoms with Gasteiger partial charge in [-0.1, -0.05) is 24.3 Å². The van der Waals surface area contributed by atoms with Crippen molar-refractivity contribution in [3.8, 4) is 16.9 Å². The molecular weight excluding hydrogens is 465 g/mol. The number of methoxy groups -OCH3 is 1. The fourth-order valence-electron chi connectivity index (χ4n) is 4.55. The monoisotopic (exact) mass is 495 g/mol. The maximum absolute atomic E-state index is 13.5. The van der Waals surface area contributed by atoms with E-state index in [0.717, 1.165) is 52.5 Å². The number of rotatable bonds is 5. The van der Waals surface area contributed by atoms with Crippen molar-refractivity contribution >= 4 is 16.8 Å². The first kappa shape index (κ1) is 24.5. The summed E-state index contributed by atoms with van der Waals surface area (Å²) in [4.78, 5) is 19.9. The molecule has 1 aliphatic carbocycles.